The Hall–Kier alpha value is -3.24. The molecule has 28 heavy (non-hydrogen) atoms. The van der Waals surface area contributed by atoms with E-state index in [1.807, 2.05) is 18.2 Å². The fraction of sp³-hybridized carbons (Fsp3) is 0.167. The summed E-state index contributed by atoms with van der Waals surface area (Å²) in [5.41, 5.74) is 3.36. The molecule has 0 amide bonds. The molecule has 0 atom stereocenters. The van der Waals surface area contributed by atoms with Gasteiger partial charge in [-0.1, -0.05) is 78.9 Å². The number of nitro groups is 1. The molecule has 0 radical (unpaired) electrons. The average molecular weight is 372 g/mol. The van der Waals surface area contributed by atoms with Gasteiger partial charge in [0.15, 0.2) is 0 Å². The largest absolute Gasteiger partial charge is 0.311 e. The zero-order chi connectivity index (χ0) is 19.8. The highest BCUT2D eigenvalue weighted by molar-refractivity contribution is 5.41. The summed E-state index contributed by atoms with van der Waals surface area (Å²) in [7, 11) is 0. The summed E-state index contributed by atoms with van der Waals surface area (Å²) in [6.45, 7) is 5.36. The van der Waals surface area contributed by atoms with Gasteiger partial charge in [-0.3, -0.25) is 10.1 Å². The maximum Gasteiger partial charge on any atom is 0.269 e. The maximum atomic E-state index is 10.8. The van der Waals surface area contributed by atoms with Gasteiger partial charge in [0.2, 0.25) is 0 Å². The van der Waals surface area contributed by atoms with E-state index in [0.29, 0.717) is 6.54 Å². The van der Waals surface area contributed by atoms with Crippen LogP contribution >= 0.6 is 0 Å². The molecule has 0 unspecified atom stereocenters. The second-order valence-electron chi connectivity index (χ2n) is 6.83. The number of benzene rings is 3. The number of nitrogens with one attached hydrogen (secondary N) is 1. The first-order valence-corrected chi connectivity index (χ1v) is 9.32. The number of hydrogen-bond donors (Lipinski definition) is 1. The second-order valence-corrected chi connectivity index (χ2v) is 6.83. The van der Waals surface area contributed by atoms with Crippen LogP contribution in [0.25, 0.3) is 0 Å². The standard InChI is InChI=1S/C24H24N2O2/c1-2-17-24(21-9-5-3-6-10-21,22-11-7-4-8-12-22)19-25-18-20-13-15-23(16-14-20)26(27)28/h2-16,25H,1,17-19H2. The zero-order valence-corrected chi connectivity index (χ0v) is 15.8. The van der Waals surface area contributed by atoms with Crippen molar-refractivity contribution in [3.05, 3.63) is 124 Å². The molecule has 0 heterocycles. The average Bonchev–Trinajstić information content (AvgIpc) is 2.75. The lowest BCUT2D eigenvalue weighted by molar-refractivity contribution is -0.384. The molecule has 0 aliphatic rings. The summed E-state index contributed by atoms with van der Waals surface area (Å²) >= 11 is 0. The molecule has 3 aromatic carbocycles. The van der Waals surface area contributed by atoms with Gasteiger partial charge < -0.3 is 5.32 Å². The van der Waals surface area contributed by atoms with Gasteiger partial charge in [-0.2, -0.15) is 0 Å². The SMILES string of the molecule is C=CCC(CNCc1ccc([N+](=O)[O-])cc1)(c1ccccc1)c1ccccc1. The van der Waals surface area contributed by atoms with Gasteiger partial charge in [0.05, 0.1) is 4.92 Å². The van der Waals surface area contributed by atoms with E-state index in [0.717, 1.165) is 18.5 Å². The van der Waals surface area contributed by atoms with Gasteiger partial charge in [0.25, 0.3) is 5.69 Å². The van der Waals surface area contributed by atoms with Crippen LogP contribution in [0, 0.1) is 10.1 Å². The molecule has 142 valence electrons. The van der Waals surface area contributed by atoms with E-state index in [2.05, 4.69) is 60.4 Å². The van der Waals surface area contributed by atoms with Crippen LogP contribution < -0.4 is 5.32 Å². The highest BCUT2D eigenvalue weighted by atomic mass is 16.6. The van der Waals surface area contributed by atoms with Crippen molar-refractivity contribution in [1.29, 1.82) is 0 Å². The van der Waals surface area contributed by atoms with Crippen LogP contribution in [-0.4, -0.2) is 11.5 Å². The topological polar surface area (TPSA) is 55.2 Å². The molecule has 0 saturated carbocycles. The van der Waals surface area contributed by atoms with E-state index in [4.69, 9.17) is 0 Å². The second kappa shape index (κ2) is 9.11. The Morgan fingerprint density at radius 1 is 0.893 bits per heavy atom. The van der Waals surface area contributed by atoms with Crippen molar-refractivity contribution in [3.8, 4) is 0 Å². The van der Waals surface area contributed by atoms with Crippen molar-refractivity contribution in [1.82, 2.24) is 5.32 Å². The molecule has 3 aromatic rings. The molecule has 4 nitrogen and oxygen atoms in total. The number of non-ortho nitro benzene ring substituents is 1. The monoisotopic (exact) mass is 372 g/mol. The molecule has 0 bridgehead atoms. The first-order valence-electron chi connectivity index (χ1n) is 9.32. The van der Waals surface area contributed by atoms with Crippen LogP contribution in [0.1, 0.15) is 23.1 Å². The van der Waals surface area contributed by atoms with Crippen molar-refractivity contribution in [3.63, 3.8) is 0 Å². The summed E-state index contributed by atoms with van der Waals surface area (Å²) in [6, 6.07) is 27.6. The van der Waals surface area contributed by atoms with Gasteiger partial charge in [-0.05, 0) is 23.1 Å². The van der Waals surface area contributed by atoms with E-state index in [-0.39, 0.29) is 16.0 Å². The Labute approximate surface area is 165 Å². The Morgan fingerprint density at radius 2 is 1.43 bits per heavy atom. The lowest BCUT2D eigenvalue weighted by Gasteiger charge is -2.35. The molecule has 0 aromatic heterocycles. The molecular weight excluding hydrogens is 348 g/mol. The third-order valence-electron chi connectivity index (χ3n) is 5.05. The molecule has 4 heteroatoms. The van der Waals surface area contributed by atoms with Crippen LogP contribution in [0.4, 0.5) is 5.69 Å². The van der Waals surface area contributed by atoms with Gasteiger partial charge in [-0.15, -0.1) is 6.58 Å². The quantitative estimate of drug-likeness (QED) is 0.317. The Balaban J connectivity index is 1.85. The molecule has 0 aliphatic heterocycles. The Bertz CT molecular complexity index is 867. The predicted octanol–water partition coefficient (Wildman–Crippen LogP) is 5.25. The van der Waals surface area contributed by atoms with Gasteiger partial charge in [0.1, 0.15) is 0 Å². The third-order valence-corrected chi connectivity index (χ3v) is 5.05. The van der Waals surface area contributed by atoms with Crippen molar-refractivity contribution >= 4 is 5.69 Å². The fourth-order valence-corrected chi connectivity index (χ4v) is 3.60. The normalized spacial score (nSPS) is 11.1. The number of nitrogens with zero attached hydrogens (tertiary/aromatic N) is 1. The van der Waals surface area contributed by atoms with E-state index in [9.17, 15) is 10.1 Å². The lowest BCUT2D eigenvalue weighted by atomic mass is 9.72. The molecule has 0 saturated heterocycles. The number of hydrogen-bond acceptors (Lipinski definition) is 3. The van der Waals surface area contributed by atoms with Crippen molar-refractivity contribution in [2.24, 2.45) is 0 Å². The van der Waals surface area contributed by atoms with Gasteiger partial charge >= 0.3 is 0 Å². The summed E-state index contributed by atoms with van der Waals surface area (Å²) in [6.07, 6.45) is 2.77. The van der Waals surface area contributed by atoms with Crippen molar-refractivity contribution in [2.45, 2.75) is 18.4 Å². The molecule has 1 N–H and O–H groups in total. The van der Waals surface area contributed by atoms with Crippen molar-refractivity contribution in [2.75, 3.05) is 6.54 Å². The van der Waals surface area contributed by atoms with Gasteiger partial charge in [0, 0.05) is 30.6 Å². The predicted molar refractivity (Wildman–Crippen MR) is 113 cm³/mol. The smallest absolute Gasteiger partial charge is 0.269 e. The summed E-state index contributed by atoms with van der Waals surface area (Å²) in [4.78, 5) is 10.4. The van der Waals surface area contributed by atoms with E-state index >= 15 is 0 Å². The summed E-state index contributed by atoms with van der Waals surface area (Å²) in [5, 5.41) is 14.4. The molecule has 3 rings (SSSR count). The van der Waals surface area contributed by atoms with Crippen LogP contribution in [-0.2, 0) is 12.0 Å². The molecular formula is C24H24N2O2. The lowest BCUT2D eigenvalue weighted by Crippen LogP contribution is -2.39. The van der Waals surface area contributed by atoms with E-state index in [1.54, 1.807) is 24.3 Å². The first-order chi connectivity index (χ1) is 13.7. The van der Waals surface area contributed by atoms with Gasteiger partial charge in [-0.25, -0.2) is 0 Å². The minimum atomic E-state index is -0.378. The number of allylic oxidation sites excluding steroid dienone is 1. The Morgan fingerprint density at radius 3 is 1.89 bits per heavy atom. The molecule has 0 spiro atoms. The zero-order valence-electron chi connectivity index (χ0n) is 15.8. The van der Waals surface area contributed by atoms with E-state index in [1.165, 1.54) is 11.1 Å². The maximum absolute atomic E-state index is 10.8. The third kappa shape index (κ3) is 4.35. The molecule has 0 fully saturated rings. The van der Waals surface area contributed by atoms with Crippen molar-refractivity contribution < 1.29 is 4.92 Å². The number of nitro benzene ring substituents is 1. The summed E-state index contributed by atoms with van der Waals surface area (Å²) in [5.74, 6) is 0. The van der Waals surface area contributed by atoms with Crippen LogP contribution in [0.3, 0.4) is 0 Å². The molecule has 0 aliphatic carbocycles. The minimum absolute atomic E-state index is 0.110. The number of rotatable bonds is 9. The van der Waals surface area contributed by atoms with Crippen LogP contribution in [0.2, 0.25) is 0 Å². The summed E-state index contributed by atoms with van der Waals surface area (Å²) < 4.78 is 0. The fourth-order valence-electron chi connectivity index (χ4n) is 3.60. The minimum Gasteiger partial charge on any atom is -0.311 e. The first kappa shape index (κ1) is 19.5. The Kier molecular flexibility index (Phi) is 6.35. The van der Waals surface area contributed by atoms with Crippen LogP contribution in [0.5, 0.6) is 0 Å². The highest BCUT2D eigenvalue weighted by Gasteiger charge is 2.32. The van der Waals surface area contributed by atoms with Crippen LogP contribution in [0.15, 0.2) is 97.6 Å². The van der Waals surface area contributed by atoms with E-state index < -0.39 is 0 Å². The highest BCUT2D eigenvalue weighted by Crippen LogP contribution is 2.35.